The molecule has 1 atom stereocenters. The molecule has 0 aliphatic carbocycles. The van der Waals surface area contributed by atoms with Crippen molar-refractivity contribution in [2.45, 2.75) is 6.92 Å². The Balaban J connectivity index is -0.000000125. The number of carbonyl (C=O) groups excluding carboxylic acids is 2. The van der Waals surface area contributed by atoms with E-state index in [0.29, 0.717) is 0 Å². The monoisotopic (exact) mass is 359 g/mol. The maximum absolute atomic E-state index is 9.56. The third-order valence-electron chi connectivity index (χ3n) is 0.185. The second-order valence-corrected chi connectivity index (χ2v) is 0.677. The molecule has 0 aromatic heterocycles. The molecule has 0 fully saturated rings. The molecule has 0 heterocycles. The molecule has 0 amide bonds. The van der Waals surface area contributed by atoms with Gasteiger partial charge in [0.15, 0.2) is 6.47 Å². The normalized spacial score (nSPS) is 5.12. The molecular formula is C3H6O3PU-. The molecule has 0 saturated carbocycles. The molecule has 1 unspecified atom stereocenters. The standard InChI is InChI=1S/C3H3O3.H3P.U/c1-3(5)6-2-4;;/h1H3;1H3;/q-1;;. The number of esters is 1. The van der Waals surface area contributed by atoms with Crippen molar-refractivity contribution in [3.8, 4) is 0 Å². The van der Waals surface area contributed by atoms with Crippen LogP contribution in [0.1, 0.15) is 6.92 Å². The first-order valence-corrected chi connectivity index (χ1v) is 1.32. The average Bonchev–Trinajstić information content (AvgIpc) is 1.35. The molecule has 0 aromatic rings. The number of carbonyl (C=O) groups is 1. The second kappa shape index (κ2) is 10.6. The molecule has 8 heavy (non-hydrogen) atoms. The molecule has 0 radical (unpaired) electrons. The Morgan fingerprint density at radius 2 is 2.00 bits per heavy atom. The smallest absolute Gasteiger partial charge is 0.172 e. The minimum absolute atomic E-state index is 0. The fraction of sp³-hybridized carbons (Fsp3) is 0.333. The van der Waals surface area contributed by atoms with E-state index in [2.05, 4.69) is 4.74 Å². The SMILES string of the molecule is CC(=O)O[C-]=O.P.[U]. The maximum Gasteiger partial charge on any atom is 0.172 e. The molecule has 0 saturated heterocycles. The molecule has 3 nitrogen and oxygen atoms in total. The fourth-order valence-corrected chi connectivity index (χ4v) is 0.0587. The van der Waals surface area contributed by atoms with E-state index >= 15 is 0 Å². The van der Waals surface area contributed by atoms with Gasteiger partial charge in [-0.3, -0.25) is 0 Å². The average molecular weight is 359 g/mol. The summed E-state index contributed by atoms with van der Waals surface area (Å²) in [6, 6.07) is 0. The molecule has 0 spiro atoms. The largest absolute Gasteiger partial charge is 0.584 e. The molecule has 0 aliphatic heterocycles. The third-order valence-corrected chi connectivity index (χ3v) is 0.185. The van der Waals surface area contributed by atoms with Crippen molar-refractivity contribution in [2.24, 2.45) is 0 Å². The van der Waals surface area contributed by atoms with E-state index in [4.69, 9.17) is 4.79 Å². The van der Waals surface area contributed by atoms with Crippen LogP contribution in [0.2, 0.25) is 0 Å². The first kappa shape index (κ1) is 15.8. The zero-order valence-corrected chi connectivity index (χ0v) is 10.0. The van der Waals surface area contributed by atoms with E-state index in [1.807, 2.05) is 0 Å². The summed E-state index contributed by atoms with van der Waals surface area (Å²) >= 11 is 0. The van der Waals surface area contributed by atoms with Crippen molar-refractivity contribution in [3.63, 3.8) is 0 Å². The minimum Gasteiger partial charge on any atom is -0.584 e. The van der Waals surface area contributed by atoms with Crippen LogP contribution < -0.4 is 0 Å². The summed E-state index contributed by atoms with van der Waals surface area (Å²) in [7, 11) is 0. The first-order valence-electron chi connectivity index (χ1n) is 1.32. The van der Waals surface area contributed by atoms with Gasteiger partial charge in [-0.25, -0.2) is 0 Å². The Kier molecular flexibility index (Phi) is 20.9. The molecule has 0 bridgehead atoms. The van der Waals surface area contributed by atoms with E-state index in [9.17, 15) is 4.79 Å². The van der Waals surface area contributed by atoms with Gasteiger partial charge in [-0.2, -0.15) is 9.90 Å². The van der Waals surface area contributed by atoms with E-state index in [-0.39, 0.29) is 41.0 Å². The molecule has 0 aromatic carbocycles. The number of hydrogen-bond acceptors (Lipinski definition) is 3. The van der Waals surface area contributed by atoms with Crippen LogP contribution in [0.4, 0.5) is 0 Å². The summed E-state index contributed by atoms with van der Waals surface area (Å²) < 4.78 is 3.60. The summed E-state index contributed by atoms with van der Waals surface area (Å²) in [4.78, 5) is 18.6. The van der Waals surface area contributed by atoms with Gasteiger partial charge in [0, 0.05) is 31.1 Å². The van der Waals surface area contributed by atoms with Gasteiger partial charge in [-0.15, -0.1) is 0 Å². The zero-order valence-electron chi connectivity index (χ0n) is 4.43. The van der Waals surface area contributed by atoms with Gasteiger partial charge in [0.1, 0.15) is 5.97 Å². The molecule has 5 heteroatoms. The Bertz CT molecular complexity index is 74.9. The van der Waals surface area contributed by atoms with Gasteiger partial charge in [-0.05, 0) is 6.92 Å². The number of ether oxygens (including phenoxy) is 1. The topological polar surface area (TPSA) is 43.4 Å². The quantitative estimate of drug-likeness (QED) is 0.279. The van der Waals surface area contributed by atoms with Crippen molar-refractivity contribution >= 4 is 22.3 Å². The Labute approximate surface area is 74.5 Å². The van der Waals surface area contributed by atoms with E-state index in [1.54, 1.807) is 0 Å². The van der Waals surface area contributed by atoms with Crippen LogP contribution in [0.25, 0.3) is 0 Å². The van der Waals surface area contributed by atoms with Crippen molar-refractivity contribution in [2.75, 3.05) is 0 Å². The Hall–Kier alpha value is 0.622. The predicted octanol–water partition coefficient (Wildman–Crippen LogP) is -0.325. The van der Waals surface area contributed by atoms with Gasteiger partial charge < -0.3 is 14.3 Å². The van der Waals surface area contributed by atoms with Gasteiger partial charge in [0.05, 0.1) is 0 Å². The van der Waals surface area contributed by atoms with Gasteiger partial charge in [0.2, 0.25) is 0 Å². The molecule has 0 N–H and O–H groups in total. The van der Waals surface area contributed by atoms with Crippen molar-refractivity contribution in [3.05, 3.63) is 0 Å². The van der Waals surface area contributed by atoms with Crippen LogP contribution in [-0.4, -0.2) is 12.4 Å². The molecule has 46 valence electrons. The predicted molar refractivity (Wildman–Crippen MR) is 28.6 cm³/mol. The van der Waals surface area contributed by atoms with Crippen molar-refractivity contribution < 1.29 is 45.4 Å². The summed E-state index contributed by atoms with van der Waals surface area (Å²) in [5.74, 6) is -0.634. The van der Waals surface area contributed by atoms with Crippen LogP contribution in [0.5, 0.6) is 0 Å². The van der Waals surface area contributed by atoms with Crippen LogP contribution in [0.15, 0.2) is 0 Å². The van der Waals surface area contributed by atoms with E-state index in [1.165, 1.54) is 0 Å². The van der Waals surface area contributed by atoms with Crippen LogP contribution >= 0.6 is 9.90 Å². The Morgan fingerprint density at radius 3 is 2.00 bits per heavy atom. The first-order chi connectivity index (χ1) is 2.77. The van der Waals surface area contributed by atoms with Crippen LogP contribution in [0, 0.1) is 31.1 Å². The number of rotatable bonds is 1. The summed E-state index contributed by atoms with van der Waals surface area (Å²) in [5, 5.41) is 0. The second-order valence-electron chi connectivity index (χ2n) is 0.677. The van der Waals surface area contributed by atoms with E-state index < -0.39 is 5.97 Å². The van der Waals surface area contributed by atoms with Crippen LogP contribution in [0.3, 0.4) is 0 Å². The zero-order chi connectivity index (χ0) is 4.99. The van der Waals surface area contributed by atoms with Crippen LogP contribution in [-0.2, 0) is 14.3 Å². The summed E-state index contributed by atoms with van der Waals surface area (Å²) in [5.41, 5.74) is 0. The van der Waals surface area contributed by atoms with Gasteiger partial charge in [-0.1, -0.05) is 0 Å². The number of hydrogen-bond donors (Lipinski definition) is 0. The fourth-order valence-electron chi connectivity index (χ4n) is 0.0587. The third kappa shape index (κ3) is 16.0. The molecular weight excluding hydrogens is 353 g/mol. The van der Waals surface area contributed by atoms with Gasteiger partial charge in [0.25, 0.3) is 0 Å². The Morgan fingerprint density at radius 1 is 1.62 bits per heavy atom. The summed E-state index contributed by atoms with van der Waals surface area (Å²) in [6.07, 6.45) is 0. The van der Waals surface area contributed by atoms with Crippen molar-refractivity contribution in [1.29, 1.82) is 0 Å². The maximum atomic E-state index is 9.56. The molecule has 0 rings (SSSR count). The van der Waals surface area contributed by atoms with E-state index in [0.717, 1.165) is 13.4 Å². The molecule has 0 aliphatic rings. The van der Waals surface area contributed by atoms with Crippen molar-refractivity contribution in [1.82, 2.24) is 0 Å². The minimum atomic E-state index is -0.634. The summed E-state index contributed by atoms with van der Waals surface area (Å²) in [6.45, 7) is 2.10. The van der Waals surface area contributed by atoms with Gasteiger partial charge >= 0.3 is 0 Å².